The Balaban J connectivity index is 1.41. The van der Waals surface area contributed by atoms with Crippen LogP contribution >= 0.6 is 0 Å². The van der Waals surface area contributed by atoms with E-state index in [0.717, 1.165) is 44.2 Å². The zero-order valence-electron chi connectivity index (χ0n) is 14.4. The zero-order chi connectivity index (χ0) is 17.5. The molecule has 3 rings (SSSR count). The second kappa shape index (κ2) is 8.57. The van der Waals surface area contributed by atoms with Gasteiger partial charge in [-0.05, 0) is 38.1 Å². The molecule has 1 aromatic rings. The fourth-order valence-electron chi connectivity index (χ4n) is 3.32. The smallest absolute Gasteiger partial charge is 0.169 e. The molecule has 2 aliphatic heterocycles. The molecule has 132 valence electrons. The molecule has 0 spiro atoms. The van der Waals surface area contributed by atoms with Gasteiger partial charge >= 0.3 is 0 Å². The van der Waals surface area contributed by atoms with E-state index in [1.807, 2.05) is 23.1 Å². The summed E-state index contributed by atoms with van der Waals surface area (Å²) in [6.07, 6.45) is 2.58. The van der Waals surface area contributed by atoms with Gasteiger partial charge in [0, 0.05) is 26.2 Å². The van der Waals surface area contributed by atoms with Crippen molar-refractivity contribution in [2.24, 2.45) is 0 Å². The maximum atomic E-state index is 9.00. The first-order valence-corrected chi connectivity index (χ1v) is 8.84. The highest BCUT2D eigenvalue weighted by Crippen LogP contribution is 2.15. The number of hydrogen-bond donors (Lipinski definition) is 2. The van der Waals surface area contributed by atoms with Crippen molar-refractivity contribution in [1.29, 1.82) is 10.5 Å². The van der Waals surface area contributed by atoms with Crippen molar-refractivity contribution in [3.8, 4) is 12.1 Å². The van der Waals surface area contributed by atoms with Gasteiger partial charge in [0.25, 0.3) is 0 Å². The Morgan fingerprint density at radius 3 is 2.68 bits per heavy atom. The molecule has 1 aromatic heterocycles. The molecule has 3 heterocycles. The van der Waals surface area contributed by atoms with Crippen molar-refractivity contribution >= 4 is 0 Å². The summed E-state index contributed by atoms with van der Waals surface area (Å²) in [5.74, 6) is 2.62. The van der Waals surface area contributed by atoms with Crippen LogP contribution in [-0.4, -0.2) is 49.1 Å². The molecule has 2 aliphatic rings. The number of allylic oxidation sites excluding steroid dienone is 1. The third kappa shape index (κ3) is 4.54. The van der Waals surface area contributed by atoms with Gasteiger partial charge in [0.05, 0.1) is 13.1 Å². The van der Waals surface area contributed by atoms with Crippen LogP contribution in [0.5, 0.6) is 0 Å². The average Bonchev–Trinajstić information content (AvgIpc) is 3.36. The first kappa shape index (κ1) is 17.3. The van der Waals surface area contributed by atoms with Gasteiger partial charge in [0.2, 0.25) is 0 Å². The van der Waals surface area contributed by atoms with Gasteiger partial charge in [-0.2, -0.15) is 10.5 Å². The molecule has 0 unspecified atom stereocenters. The van der Waals surface area contributed by atoms with Gasteiger partial charge in [-0.25, -0.2) is 0 Å². The molecule has 0 bridgehead atoms. The topological polar surface area (TPSA) is 91.3 Å². The van der Waals surface area contributed by atoms with Gasteiger partial charge in [0.15, 0.2) is 5.57 Å². The van der Waals surface area contributed by atoms with E-state index in [9.17, 15) is 0 Å². The SMILES string of the molecule is N#CC(C#N)=C1NCCN1CCNCc1ccc(CN2CCCC2)o1. The number of nitrogens with one attached hydrogen (secondary N) is 2. The quantitative estimate of drug-likeness (QED) is 0.568. The molecule has 25 heavy (non-hydrogen) atoms. The summed E-state index contributed by atoms with van der Waals surface area (Å²) in [7, 11) is 0. The minimum Gasteiger partial charge on any atom is -0.463 e. The highest BCUT2D eigenvalue weighted by molar-refractivity contribution is 5.39. The maximum Gasteiger partial charge on any atom is 0.169 e. The van der Waals surface area contributed by atoms with E-state index in [0.29, 0.717) is 12.4 Å². The zero-order valence-corrected chi connectivity index (χ0v) is 14.4. The molecule has 7 heteroatoms. The van der Waals surface area contributed by atoms with Crippen LogP contribution in [0.1, 0.15) is 24.4 Å². The molecule has 0 aliphatic carbocycles. The second-order valence-corrected chi connectivity index (χ2v) is 6.39. The van der Waals surface area contributed by atoms with Crippen LogP contribution < -0.4 is 10.6 Å². The standard InChI is InChI=1S/C18H24N6O/c19-11-15(12-20)18-22-6-10-24(18)9-5-21-13-16-3-4-17(25-16)14-23-7-1-2-8-23/h3-4,21-22H,1-2,5-10,13-14H2. The predicted octanol–water partition coefficient (Wildman–Crippen LogP) is 1.13. The normalized spacial score (nSPS) is 17.4. The summed E-state index contributed by atoms with van der Waals surface area (Å²) >= 11 is 0. The lowest BCUT2D eigenvalue weighted by atomic mass is 10.3. The summed E-state index contributed by atoms with van der Waals surface area (Å²) in [6.45, 7) is 7.00. The summed E-state index contributed by atoms with van der Waals surface area (Å²) in [4.78, 5) is 4.46. The fourth-order valence-corrected chi connectivity index (χ4v) is 3.32. The Kier molecular flexibility index (Phi) is 5.95. The highest BCUT2D eigenvalue weighted by atomic mass is 16.3. The summed E-state index contributed by atoms with van der Waals surface area (Å²) in [6, 6.07) is 7.99. The number of hydrogen-bond acceptors (Lipinski definition) is 7. The first-order chi connectivity index (χ1) is 12.3. The van der Waals surface area contributed by atoms with Gasteiger partial charge in [-0.1, -0.05) is 0 Å². The monoisotopic (exact) mass is 340 g/mol. The summed E-state index contributed by atoms with van der Waals surface area (Å²) < 4.78 is 5.89. The van der Waals surface area contributed by atoms with Crippen LogP contribution in [-0.2, 0) is 13.1 Å². The van der Waals surface area contributed by atoms with E-state index in [2.05, 4.69) is 21.6 Å². The molecule has 0 radical (unpaired) electrons. The minimum atomic E-state index is 0.148. The molecule has 7 nitrogen and oxygen atoms in total. The third-order valence-corrected chi connectivity index (χ3v) is 4.60. The molecule has 0 saturated carbocycles. The lowest BCUT2D eigenvalue weighted by Crippen LogP contribution is -2.30. The number of rotatable bonds is 7. The number of nitriles is 2. The molecular weight excluding hydrogens is 316 g/mol. The van der Waals surface area contributed by atoms with Crippen LogP contribution in [0.3, 0.4) is 0 Å². The highest BCUT2D eigenvalue weighted by Gasteiger charge is 2.20. The number of nitrogens with zero attached hydrogens (tertiary/aromatic N) is 4. The molecule has 2 saturated heterocycles. The number of likely N-dealkylation sites (tertiary alicyclic amines) is 1. The van der Waals surface area contributed by atoms with Crippen LogP contribution in [0, 0.1) is 22.7 Å². The van der Waals surface area contributed by atoms with Crippen molar-refractivity contribution in [3.63, 3.8) is 0 Å². The van der Waals surface area contributed by atoms with Gasteiger partial charge < -0.3 is 20.0 Å². The van der Waals surface area contributed by atoms with Gasteiger partial charge in [0.1, 0.15) is 29.5 Å². The maximum absolute atomic E-state index is 9.00. The van der Waals surface area contributed by atoms with Crippen LogP contribution in [0.4, 0.5) is 0 Å². The average molecular weight is 340 g/mol. The molecule has 0 amide bonds. The molecule has 2 N–H and O–H groups in total. The van der Waals surface area contributed by atoms with E-state index in [4.69, 9.17) is 14.9 Å². The van der Waals surface area contributed by atoms with Gasteiger partial charge in [-0.15, -0.1) is 0 Å². The van der Waals surface area contributed by atoms with Crippen LogP contribution in [0.15, 0.2) is 27.9 Å². The van der Waals surface area contributed by atoms with Crippen LogP contribution in [0.2, 0.25) is 0 Å². The first-order valence-electron chi connectivity index (χ1n) is 8.84. The van der Waals surface area contributed by atoms with Gasteiger partial charge in [-0.3, -0.25) is 4.90 Å². The summed E-state index contributed by atoms with van der Waals surface area (Å²) in [5, 5.41) is 24.5. The second-order valence-electron chi connectivity index (χ2n) is 6.39. The van der Waals surface area contributed by atoms with Crippen molar-refractivity contribution in [2.75, 3.05) is 39.3 Å². The molecular formula is C18H24N6O. The third-order valence-electron chi connectivity index (χ3n) is 4.60. The van der Waals surface area contributed by atoms with E-state index in [1.165, 1.54) is 25.9 Å². The van der Waals surface area contributed by atoms with Crippen molar-refractivity contribution < 1.29 is 4.42 Å². The van der Waals surface area contributed by atoms with Crippen molar-refractivity contribution in [3.05, 3.63) is 35.0 Å². The fraction of sp³-hybridized carbons (Fsp3) is 0.556. The Morgan fingerprint density at radius 2 is 1.92 bits per heavy atom. The summed E-state index contributed by atoms with van der Waals surface area (Å²) in [5.41, 5.74) is 0.148. The Bertz CT molecular complexity index is 673. The van der Waals surface area contributed by atoms with Crippen molar-refractivity contribution in [1.82, 2.24) is 20.4 Å². The Morgan fingerprint density at radius 1 is 1.16 bits per heavy atom. The molecule has 0 aromatic carbocycles. The lowest BCUT2D eigenvalue weighted by Gasteiger charge is -2.18. The lowest BCUT2D eigenvalue weighted by molar-refractivity contribution is 0.291. The van der Waals surface area contributed by atoms with Crippen LogP contribution in [0.25, 0.3) is 0 Å². The Labute approximate surface area is 148 Å². The molecule has 2 fully saturated rings. The predicted molar refractivity (Wildman–Crippen MR) is 92.8 cm³/mol. The van der Waals surface area contributed by atoms with E-state index in [1.54, 1.807) is 0 Å². The van der Waals surface area contributed by atoms with E-state index < -0.39 is 0 Å². The largest absolute Gasteiger partial charge is 0.463 e. The molecule has 0 atom stereocenters. The van der Waals surface area contributed by atoms with Crippen molar-refractivity contribution in [2.45, 2.75) is 25.9 Å². The minimum absolute atomic E-state index is 0.148. The Hall–Kier alpha value is -2.48. The van der Waals surface area contributed by atoms with E-state index >= 15 is 0 Å². The number of furan rings is 1. The van der Waals surface area contributed by atoms with E-state index in [-0.39, 0.29) is 5.57 Å².